The van der Waals surface area contributed by atoms with Gasteiger partial charge in [-0.05, 0) is 6.92 Å². The van der Waals surface area contributed by atoms with Crippen molar-refractivity contribution >= 4 is 15.7 Å². The van der Waals surface area contributed by atoms with Crippen molar-refractivity contribution in [3.8, 4) is 0 Å². The first kappa shape index (κ1) is 16.7. The van der Waals surface area contributed by atoms with Crippen LogP contribution in [0.4, 0.5) is 0 Å². The number of nitrogens with one attached hydrogen (secondary N) is 1. The van der Waals surface area contributed by atoms with Gasteiger partial charge in [-0.15, -0.1) is 0 Å². The molecule has 9 nitrogen and oxygen atoms in total. The summed E-state index contributed by atoms with van der Waals surface area (Å²) in [5.41, 5.74) is 0.382. The zero-order chi connectivity index (χ0) is 17.3. The Morgan fingerprint density at radius 2 is 2.29 bits per heavy atom. The van der Waals surface area contributed by atoms with Gasteiger partial charge in [0.2, 0.25) is 5.91 Å². The van der Waals surface area contributed by atoms with Crippen LogP contribution in [0.15, 0.2) is 23.5 Å². The zero-order valence-electron chi connectivity index (χ0n) is 13.5. The van der Waals surface area contributed by atoms with Crippen LogP contribution in [0.5, 0.6) is 0 Å². The van der Waals surface area contributed by atoms with E-state index < -0.39 is 15.9 Å². The van der Waals surface area contributed by atoms with E-state index in [0.717, 1.165) is 12.1 Å². The Balaban J connectivity index is 1.88. The largest absolute Gasteiger partial charge is 0.377 e. The van der Waals surface area contributed by atoms with E-state index in [1.165, 1.54) is 6.20 Å². The van der Waals surface area contributed by atoms with Crippen LogP contribution in [-0.2, 0) is 25.9 Å². The molecule has 130 valence electrons. The van der Waals surface area contributed by atoms with Crippen molar-refractivity contribution in [3.05, 3.63) is 30.1 Å². The van der Waals surface area contributed by atoms with Crippen LogP contribution in [0, 0.1) is 6.92 Å². The highest BCUT2D eigenvalue weighted by molar-refractivity contribution is 7.90. The third-order valence-corrected chi connectivity index (χ3v) is 5.17. The molecule has 0 aliphatic carbocycles. The number of rotatable bonds is 4. The van der Waals surface area contributed by atoms with E-state index in [1.807, 2.05) is 6.92 Å². The molecule has 1 N–H and O–H groups in total. The molecule has 2 aromatic rings. The van der Waals surface area contributed by atoms with E-state index >= 15 is 0 Å². The number of aromatic amines is 1. The molecule has 1 amide bonds. The first-order chi connectivity index (χ1) is 11.4. The van der Waals surface area contributed by atoms with Crippen molar-refractivity contribution < 1.29 is 17.9 Å². The number of H-pyrrole nitrogens is 1. The summed E-state index contributed by atoms with van der Waals surface area (Å²) in [5.74, 6) is 0.616. The quantitative estimate of drug-likeness (QED) is 0.823. The number of carbonyl (C=O) groups is 1. The van der Waals surface area contributed by atoms with Gasteiger partial charge in [0.05, 0.1) is 31.1 Å². The smallest absolute Gasteiger partial charge is 0.243 e. The fourth-order valence-corrected chi connectivity index (χ4v) is 3.59. The van der Waals surface area contributed by atoms with Gasteiger partial charge in [0.1, 0.15) is 17.3 Å². The Hall–Kier alpha value is -2.20. The summed E-state index contributed by atoms with van der Waals surface area (Å²) in [6, 6.07) is -0.512. The third kappa shape index (κ3) is 3.20. The fraction of sp³-hybridized carbons (Fsp3) is 0.500. The molecule has 0 spiro atoms. The third-order valence-electron chi connectivity index (χ3n) is 4.04. The normalized spacial score (nSPS) is 18.8. The maximum atomic E-state index is 12.7. The molecule has 1 fully saturated rings. The Morgan fingerprint density at radius 3 is 2.96 bits per heavy atom. The number of aromatic nitrogens is 4. The van der Waals surface area contributed by atoms with Crippen LogP contribution in [0.2, 0.25) is 0 Å². The molecule has 3 heterocycles. The lowest BCUT2D eigenvalue weighted by molar-refractivity contribution is -0.141. The highest BCUT2D eigenvalue weighted by atomic mass is 32.2. The van der Waals surface area contributed by atoms with Crippen LogP contribution in [-0.4, -0.2) is 65.0 Å². The van der Waals surface area contributed by atoms with Crippen molar-refractivity contribution in [2.75, 3.05) is 26.0 Å². The van der Waals surface area contributed by atoms with E-state index in [1.54, 1.807) is 21.9 Å². The summed E-state index contributed by atoms with van der Waals surface area (Å²) in [6.45, 7) is 2.98. The summed E-state index contributed by atoms with van der Waals surface area (Å²) in [5, 5.41) is 6.55. The van der Waals surface area contributed by atoms with E-state index in [0.29, 0.717) is 18.8 Å². The first-order valence-corrected chi connectivity index (χ1v) is 9.35. The second-order valence-electron chi connectivity index (χ2n) is 5.70. The lowest BCUT2D eigenvalue weighted by atomic mass is 10.1. The van der Waals surface area contributed by atoms with Crippen molar-refractivity contribution in [1.29, 1.82) is 0 Å². The number of hydrogen-bond acceptors (Lipinski definition) is 6. The molecule has 0 saturated carbocycles. The summed E-state index contributed by atoms with van der Waals surface area (Å²) in [6.07, 6.45) is 5.75. The van der Waals surface area contributed by atoms with Gasteiger partial charge in [0.25, 0.3) is 0 Å². The second-order valence-corrected chi connectivity index (χ2v) is 7.68. The highest BCUT2D eigenvalue weighted by Gasteiger charge is 2.33. The Kier molecular flexibility index (Phi) is 4.41. The average molecular weight is 353 g/mol. The molecular weight excluding hydrogens is 334 g/mol. The first-order valence-electron chi connectivity index (χ1n) is 7.46. The predicted molar refractivity (Wildman–Crippen MR) is 83.9 cm³/mol. The van der Waals surface area contributed by atoms with E-state index in [9.17, 15) is 13.2 Å². The molecular formula is C14H19N5O4S. The van der Waals surface area contributed by atoms with Gasteiger partial charge in [-0.3, -0.25) is 9.89 Å². The number of nitrogens with zero attached hydrogens (tertiary/aromatic N) is 4. The highest BCUT2D eigenvalue weighted by Crippen LogP contribution is 2.28. The number of hydrogen-bond donors (Lipinski definition) is 1. The summed E-state index contributed by atoms with van der Waals surface area (Å²) in [7, 11) is -3.45. The van der Waals surface area contributed by atoms with Crippen molar-refractivity contribution in [2.24, 2.45) is 0 Å². The molecule has 0 unspecified atom stereocenters. The number of imidazole rings is 1. The molecule has 24 heavy (non-hydrogen) atoms. The van der Waals surface area contributed by atoms with E-state index in [2.05, 4.69) is 15.2 Å². The second kappa shape index (κ2) is 6.36. The lowest BCUT2D eigenvalue weighted by Crippen LogP contribution is -2.45. The van der Waals surface area contributed by atoms with Gasteiger partial charge in [-0.25, -0.2) is 13.4 Å². The molecule has 0 radical (unpaired) electrons. The molecule has 0 aromatic carbocycles. The minimum absolute atomic E-state index is 0.0922. The number of sulfone groups is 1. The van der Waals surface area contributed by atoms with E-state index in [4.69, 9.17) is 4.74 Å². The number of carbonyl (C=O) groups excluding carboxylic acids is 1. The van der Waals surface area contributed by atoms with Gasteiger partial charge in [0.15, 0.2) is 9.84 Å². The number of aryl methyl sites for hydroxylation is 1. The minimum atomic E-state index is -3.45. The summed E-state index contributed by atoms with van der Waals surface area (Å²) >= 11 is 0. The Morgan fingerprint density at radius 1 is 1.50 bits per heavy atom. The SMILES string of the molecule is Cc1nccn1CC(=O)N1CCOC[C@H]1c1[nH]ncc1S(C)(=O)=O. The van der Waals surface area contributed by atoms with Crippen LogP contribution < -0.4 is 0 Å². The van der Waals surface area contributed by atoms with Gasteiger partial charge >= 0.3 is 0 Å². The molecule has 1 aliphatic heterocycles. The Labute approximate surface area is 139 Å². The topological polar surface area (TPSA) is 110 Å². The van der Waals surface area contributed by atoms with Crippen molar-refractivity contribution in [2.45, 2.75) is 24.4 Å². The fourth-order valence-electron chi connectivity index (χ4n) is 2.77. The average Bonchev–Trinajstić information content (AvgIpc) is 3.16. The number of morpholine rings is 1. The molecule has 0 bridgehead atoms. The number of ether oxygens (including phenoxy) is 1. The van der Waals surface area contributed by atoms with Gasteiger partial charge < -0.3 is 14.2 Å². The van der Waals surface area contributed by atoms with Crippen molar-refractivity contribution in [1.82, 2.24) is 24.6 Å². The monoisotopic (exact) mass is 353 g/mol. The Bertz CT molecular complexity index is 841. The van der Waals surface area contributed by atoms with E-state index in [-0.39, 0.29) is 24.0 Å². The molecule has 10 heteroatoms. The summed E-state index contributed by atoms with van der Waals surface area (Å²) in [4.78, 5) is 18.5. The molecule has 1 saturated heterocycles. The van der Waals surface area contributed by atoms with Crippen LogP contribution >= 0.6 is 0 Å². The van der Waals surface area contributed by atoms with Crippen molar-refractivity contribution in [3.63, 3.8) is 0 Å². The lowest BCUT2D eigenvalue weighted by Gasteiger charge is -2.35. The van der Waals surface area contributed by atoms with Gasteiger partial charge in [0, 0.05) is 25.2 Å². The number of amides is 1. The molecule has 3 rings (SSSR count). The zero-order valence-corrected chi connectivity index (χ0v) is 14.3. The molecule has 1 atom stereocenters. The minimum Gasteiger partial charge on any atom is -0.377 e. The molecule has 1 aliphatic rings. The van der Waals surface area contributed by atoms with Crippen LogP contribution in [0.3, 0.4) is 0 Å². The maximum Gasteiger partial charge on any atom is 0.243 e. The predicted octanol–water partition coefficient (Wildman–Crippen LogP) is -0.0818. The maximum absolute atomic E-state index is 12.7. The van der Waals surface area contributed by atoms with Gasteiger partial charge in [-0.1, -0.05) is 0 Å². The summed E-state index contributed by atoms with van der Waals surface area (Å²) < 4.78 is 31.0. The standard InChI is InChI=1S/C14H19N5O4S/c1-10-15-3-4-18(10)8-13(20)19-5-6-23-9-11(19)14-12(7-16-17-14)24(2,21)22/h3-4,7,11H,5-6,8-9H2,1-2H3,(H,16,17)/t11-/m0/s1. The van der Waals surface area contributed by atoms with Crippen LogP contribution in [0.25, 0.3) is 0 Å². The van der Waals surface area contributed by atoms with Crippen LogP contribution in [0.1, 0.15) is 17.6 Å². The van der Waals surface area contributed by atoms with Gasteiger partial charge in [-0.2, -0.15) is 5.10 Å². The molecule has 2 aromatic heterocycles.